The van der Waals surface area contributed by atoms with Crippen LogP contribution >= 0.6 is 0 Å². The number of ether oxygens (including phenoxy) is 2. The summed E-state index contributed by atoms with van der Waals surface area (Å²) in [5.74, 6) is 0.574. The van der Waals surface area contributed by atoms with Crippen LogP contribution in [0.2, 0.25) is 0 Å². The Morgan fingerprint density at radius 1 is 1.00 bits per heavy atom. The van der Waals surface area contributed by atoms with Crippen molar-refractivity contribution in [1.82, 2.24) is 4.90 Å². The highest BCUT2D eigenvalue weighted by Gasteiger charge is 2.28. The molecule has 0 N–H and O–H groups in total. The number of carbonyl (C=O) groups excluding carboxylic acids is 2. The highest BCUT2D eigenvalue weighted by molar-refractivity contribution is 5.92. The summed E-state index contributed by atoms with van der Waals surface area (Å²) in [4.78, 5) is 31.0. The summed E-state index contributed by atoms with van der Waals surface area (Å²) in [5.41, 5.74) is 1.32. The van der Waals surface area contributed by atoms with Crippen molar-refractivity contribution in [2.24, 2.45) is 11.8 Å². The summed E-state index contributed by atoms with van der Waals surface area (Å²) in [5, 5.41) is 0. The van der Waals surface area contributed by atoms with Gasteiger partial charge in [0, 0.05) is 32.7 Å². The highest BCUT2D eigenvalue weighted by Crippen LogP contribution is 2.31. The van der Waals surface area contributed by atoms with Crippen LogP contribution in [0, 0.1) is 11.8 Å². The zero-order chi connectivity index (χ0) is 23.2. The topological polar surface area (TPSA) is 62.3 Å². The first-order chi connectivity index (χ1) is 14.5. The Kier molecular flexibility index (Phi) is 8.60. The van der Waals surface area contributed by atoms with Crippen LogP contribution in [0.1, 0.15) is 48.5 Å². The van der Waals surface area contributed by atoms with E-state index < -0.39 is 5.60 Å². The van der Waals surface area contributed by atoms with E-state index in [-0.39, 0.29) is 18.1 Å². The van der Waals surface area contributed by atoms with E-state index in [2.05, 4.69) is 18.7 Å². The Balaban J connectivity index is 2.16. The van der Waals surface area contributed by atoms with Crippen LogP contribution in [0.3, 0.4) is 0 Å². The molecule has 1 aliphatic heterocycles. The number of carbonyl (C=O) groups is 2. The first-order valence-electron chi connectivity index (χ1n) is 11.2. The Morgan fingerprint density at radius 3 is 2.16 bits per heavy atom. The van der Waals surface area contributed by atoms with Crippen LogP contribution in [0.15, 0.2) is 24.3 Å². The zero-order valence-electron chi connectivity index (χ0n) is 20.2. The van der Waals surface area contributed by atoms with Crippen molar-refractivity contribution in [2.75, 3.05) is 49.1 Å². The lowest BCUT2D eigenvalue weighted by molar-refractivity contribution is 0.0240. The predicted molar refractivity (Wildman–Crippen MR) is 125 cm³/mol. The Morgan fingerprint density at radius 2 is 1.61 bits per heavy atom. The number of nitrogens with zero attached hydrogens (tertiary/aromatic N) is 3. The fourth-order valence-corrected chi connectivity index (χ4v) is 3.37. The van der Waals surface area contributed by atoms with Gasteiger partial charge in [0.1, 0.15) is 5.60 Å². The van der Waals surface area contributed by atoms with Crippen LogP contribution in [-0.4, -0.2) is 62.0 Å². The summed E-state index contributed by atoms with van der Waals surface area (Å²) in [6.45, 7) is 17.3. The molecule has 0 bridgehead atoms. The van der Waals surface area contributed by atoms with Gasteiger partial charge in [0.15, 0.2) is 0 Å². The molecule has 7 heteroatoms. The predicted octanol–water partition coefficient (Wildman–Crippen LogP) is 5.00. The third-order valence-electron chi connectivity index (χ3n) is 4.75. The molecule has 0 aliphatic carbocycles. The number of amides is 2. The molecule has 1 fully saturated rings. The molecule has 2 rings (SSSR count). The highest BCUT2D eigenvalue weighted by atomic mass is 16.6. The summed E-state index contributed by atoms with van der Waals surface area (Å²) < 4.78 is 11.1. The second-order valence-electron chi connectivity index (χ2n) is 9.92. The standard InChI is InChI=1S/C24H39N3O4/c1-18(2)16-27(23(29)30-17-19(3)4)21-11-9-8-10-20(21)25-12-14-26(15-13-25)22(28)31-24(5,6)7/h8-11,18-19H,12-17H2,1-7H3. The smallest absolute Gasteiger partial charge is 0.414 e. The van der Waals surface area contributed by atoms with Crippen molar-refractivity contribution in [3.8, 4) is 0 Å². The minimum absolute atomic E-state index is 0.279. The second kappa shape index (κ2) is 10.7. The van der Waals surface area contributed by atoms with Crippen molar-refractivity contribution in [1.29, 1.82) is 0 Å². The van der Waals surface area contributed by atoms with Gasteiger partial charge in [-0.15, -0.1) is 0 Å². The minimum Gasteiger partial charge on any atom is -0.449 e. The molecule has 31 heavy (non-hydrogen) atoms. The zero-order valence-corrected chi connectivity index (χ0v) is 20.2. The fraction of sp³-hybridized carbons (Fsp3) is 0.667. The number of piperazine rings is 1. The molecule has 1 aliphatic rings. The quantitative estimate of drug-likeness (QED) is 0.632. The van der Waals surface area contributed by atoms with Gasteiger partial charge in [0.2, 0.25) is 0 Å². The van der Waals surface area contributed by atoms with Gasteiger partial charge in [-0.1, -0.05) is 39.8 Å². The lowest BCUT2D eigenvalue weighted by atomic mass is 10.1. The number of hydrogen-bond acceptors (Lipinski definition) is 5. The Hall–Kier alpha value is -2.44. The lowest BCUT2D eigenvalue weighted by Crippen LogP contribution is -2.50. The van der Waals surface area contributed by atoms with Crippen molar-refractivity contribution >= 4 is 23.6 Å². The van der Waals surface area contributed by atoms with Gasteiger partial charge in [-0.25, -0.2) is 9.59 Å². The molecule has 0 saturated carbocycles. The van der Waals surface area contributed by atoms with Gasteiger partial charge < -0.3 is 19.3 Å². The molecule has 174 valence electrons. The molecule has 0 radical (unpaired) electrons. The van der Waals surface area contributed by atoms with Crippen LogP contribution in [0.25, 0.3) is 0 Å². The van der Waals surface area contributed by atoms with Crippen LogP contribution in [0.5, 0.6) is 0 Å². The Bertz CT molecular complexity index is 735. The van der Waals surface area contributed by atoms with Gasteiger partial charge in [-0.2, -0.15) is 0 Å². The number of benzene rings is 1. The molecule has 1 heterocycles. The average Bonchev–Trinajstić information content (AvgIpc) is 2.69. The van der Waals surface area contributed by atoms with E-state index in [1.54, 1.807) is 9.80 Å². The number of para-hydroxylation sites is 2. The van der Waals surface area contributed by atoms with Crippen molar-refractivity contribution in [3.05, 3.63) is 24.3 Å². The molecule has 7 nitrogen and oxygen atoms in total. The summed E-state index contributed by atoms with van der Waals surface area (Å²) in [6.07, 6.45) is -0.596. The van der Waals surface area contributed by atoms with Crippen molar-refractivity contribution in [3.63, 3.8) is 0 Å². The largest absolute Gasteiger partial charge is 0.449 e. The van der Waals surface area contributed by atoms with E-state index in [1.165, 1.54) is 0 Å². The summed E-state index contributed by atoms with van der Waals surface area (Å²) >= 11 is 0. The van der Waals surface area contributed by atoms with Gasteiger partial charge in [0.05, 0.1) is 18.0 Å². The molecule has 0 aromatic heterocycles. The molecule has 0 unspecified atom stereocenters. The van der Waals surface area contributed by atoms with E-state index in [0.29, 0.717) is 45.2 Å². The third-order valence-corrected chi connectivity index (χ3v) is 4.75. The van der Waals surface area contributed by atoms with Gasteiger partial charge in [-0.05, 0) is 44.7 Å². The van der Waals surface area contributed by atoms with Crippen LogP contribution in [-0.2, 0) is 9.47 Å². The van der Waals surface area contributed by atoms with Crippen LogP contribution < -0.4 is 9.80 Å². The number of rotatable bonds is 6. The lowest BCUT2D eigenvalue weighted by Gasteiger charge is -2.38. The van der Waals surface area contributed by atoms with Gasteiger partial charge in [0.25, 0.3) is 0 Å². The fourth-order valence-electron chi connectivity index (χ4n) is 3.37. The van der Waals surface area contributed by atoms with E-state index in [0.717, 1.165) is 11.4 Å². The average molecular weight is 434 g/mol. The maximum Gasteiger partial charge on any atom is 0.414 e. The van der Waals surface area contributed by atoms with E-state index in [9.17, 15) is 9.59 Å². The third kappa shape index (κ3) is 7.64. The molecule has 1 aromatic carbocycles. The maximum atomic E-state index is 12.9. The van der Waals surface area contributed by atoms with Crippen molar-refractivity contribution in [2.45, 2.75) is 54.1 Å². The SMILES string of the molecule is CC(C)COC(=O)N(CC(C)C)c1ccccc1N1CCN(C(=O)OC(C)(C)C)CC1. The molecule has 0 spiro atoms. The normalized spacial score (nSPS) is 14.7. The number of anilines is 2. The van der Waals surface area contributed by atoms with E-state index >= 15 is 0 Å². The molecule has 2 amide bonds. The first kappa shape index (κ1) is 24.8. The Labute approximate surface area is 187 Å². The summed E-state index contributed by atoms with van der Waals surface area (Å²) in [7, 11) is 0. The minimum atomic E-state index is -0.505. The van der Waals surface area contributed by atoms with E-state index in [1.807, 2.05) is 58.9 Å². The molecule has 1 saturated heterocycles. The maximum absolute atomic E-state index is 12.9. The number of hydrogen-bond donors (Lipinski definition) is 0. The second-order valence-corrected chi connectivity index (χ2v) is 9.92. The molecular weight excluding hydrogens is 394 g/mol. The van der Waals surface area contributed by atoms with E-state index in [4.69, 9.17) is 9.47 Å². The molecule has 1 aromatic rings. The first-order valence-corrected chi connectivity index (χ1v) is 11.2. The molecular formula is C24H39N3O4. The van der Waals surface area contributed by atoms with Gasteiger partial charge >= 0.3 is 12.2 Å². The monoisotopic (exact) mass is 433 g/mol. The molecule has 0 atom stereocenters. The summed E-state index contributed by atoms with van der Waals surface area (Å²) in [6, 6.07) is 7.92. The van der Waals surface area contributed by atoms with Gasteiger partial charge in [-0.3, -0.25) is 4.90 Å². The van der Waals surface area contributed by atoms with Crippen molar-refractivity contribution < 1.29 is 19.1 Å². The van der Waals surface area contributed by atoms with Crippen LogP contribution in [0.4, 0.5) is 21.0 Å².